The predicted molar refractivity (Wildman–Crippen MR) is 200 cm³/mol. The number of imide groups is 1. The van der Waals surface area contributed by atoms with Gasteiger partial charge in [0.2, 0.25) is 16.9 Å². The van der Waals surface area contributed by atoms with Gasteiger partial charge in [0.15, 0.2) is 5.01 Å². The monoisotopic (exact) mass is 729 g/mol. The van der Waals surface area contributed by atoms with E-state index >= 15 is 0 Å². The summed E-state index contributed by atoms with van der Waals surface area (Å²) in [5, 5.41) is 30.5. The van der Waals surface area contributed by atoms with Crippen molar-refractivity contribution in [3.05, 3.63) is 77.1 Å². The molecule has 0 bridgehead atoms. The van der Waals surface area contributed by atoms with Crippen molar-refractivity contribution in [3.8, 4) is 28.0 Å². The summed E-state index contributed by atoms with van der Waals surface area (Å²) in [5.41, 5.74) is 7.54. The number of piperazine rings is 1. The summed E-state index contributed by atoms with van der Waals surface area (Å²) in [5.74, 6) is -0.797. The molecule has 1 aromatic carbocycles. The van der Waals surface area contributed by atoms with Crippen molar-refractivity contribution in [1.29, 1.82) is 5.26 Å². The number of hydrogen-bond acceptors (Lipinski definition) is 12. The molecule has 0 spiro atoms. The molecule has 2 fully saturated rings. The molecule has 15 heteroatoms. The molecule has 14 nitrogen and oxygen atoms in total. The number of amides is 3. The number of fused-ring (bicyclic) bond motifs is 2. The van der Waals surface area contributed by atoms with Crippen LogP contribution >= 0.6 is 11.3 Å². The Kier molecular flexibility index (Phi) is 9.31. The maximum atomic E-state index is 13.2. The van der Waals surface area contributed by atoms with Crippen molar-refractivity contribution in [2.75, 3.05) is 42.9 Å². The van der Waals surface area contributed by atoms with E-state index in [4.69, 9.17) is 4.98 Å². The standard InChI is InChI=1S/C38H39N11O3S/c1-23(2)42-30-18-31(32-9-8-26-17-24(19-39)20-41-49(26)32)40-21-28(30)36-44-45-38(53-36)47-15-13-46(14-16-47)12-4-6-25-5-3-7-27-29(25)22-48(37(27)52)33-10-11-34(50)43-35(33)51/h3,5,7-9,17-18,20-21,23,33H,4,6,10-16,22H2,1-2H3,(H,40,42)(H,43,50,51). The average Bonchev–Trinajstić information content (AvgIpc) is 3.90. The summed E-state index contributed by atoms with van der Waals surface area (Å²) in [6, 6.07) is 15.3. The van der Waals surface area contributed by atoms with Crippen LogP contribution in [0, 0.1) is 11.3 Å². The van der Waals surface area contributed by atoms with Crippen LogP contribution in [0.3, 0.4) is 0 Å². The minimum Gasteiger partial charge on any atom is -0.382 e. The molecule has 270 valence electrons. The Balaban J connectivity index is 0.884. The van der Waals surface area contributed by atoms with E-state index < -0.39 is 6.04 Å². The third-order valence-corrected chi connectivity index (χ3v) is 11.1. The number of carbonyl (C=O) groups is 3. The largest absolute Gasteiger partial charge is 0.382 e. The Morgan fingerprint density at radius 3 is 2.68 bits per heavy atom. The van der Waals surface area contributed by atoms with Crippen LogP contribution in [-0.4, -0.2) is 97.1 Å². The van der Waals surface area contributed by atoms with Gasteiger partial charge in [0.05, 0.1) is 34.2 Å². The number of rotatable bonds is 10. The number of carbonyl (C=O) groups excluding carboxylic acids is 3. The number of nitriles is 1. The second kappa shape index (κ2) is 14.4. The number of piperidine rings is 1. The summed E-state index contributed by atoms with van der Waals surface area (Å²) in [6.45, 7) is 9.06. The highest BCUT2D eigenvalue weighted by molar-refractivity contribution is 7.18. The summed E-state index contributed by atoms with van der Waals surface area (Å²) in [6.07, 6.45) is 5.81. The molecule has 7 heterocycles. The van der Waals surface area contributed by atoms with Gasteiger partial charge in [0.25, 0.3) is 5.91 Å². The highest BCUT2D eigenvalue weighted by atomic mass is 32.1. The van der Waals surface area contributed by atoms with E-state index in [-0.39, 0.29) is 30.2 Å². The molecule has 5 aromatic rings. The Morgan fingerprint density at radius 2 is 1.89 bits per heavy atom. The molecule has 0 saturated carbocycles. The first-order valence-electron chi connectivity index (χ1n) is 18.0. The summed E-state index contributed by atoms with van der Waals surface area (Å²) in [7, 11) is 0. The van der Waals surface area contributed by atoms with Crippen LogP contribution in [0.2, 0.25) is 0 Å². The normalized spacial score (nSPS) is 17.8. The van der Waals surface area contributed by atoms with Crippen LogP contribution in [0.1, 0.15) is 60.2 Å². The molecule has 3 aliphatic heterocycles. The fourth-order valence-corrected chi connectivity index (χ4v) is 8.36. The van der Waals surface area contributed by atoms with E-state index in [2.05, 4.69) is 61.7 Å². The molecule has 0 aliphatic carbocycles. The molecule has 2 N–H and O–H groups in total. The zero-order valence-electron chi connectivity index (χ0n) is 29.6. The van der Waals surface area contributed by atoms with Gasteiger partial charge in [0.1, 0.15) is 12.1 Å². The lowest BCUT2D eigenvalue weighted by Gasteiger charge is -2.34. The van der Waals surface area contributed by atoms with Crippen molar-refractivity contribution in [2.24, 2.45) is 0 Å². The highest BCUT2D eigenvalue weighted by Crippen LogP contribution is 2.36. The predicted octanol–water partition coefficient (Wildman–Crippen LogP) is 4.12. The van der Waals surface area contributed by atoms with Gasteiger partial charge in [-0.05, 0) is 81.1 Å². The number of nitrogens with one attached hydrogen (secondary N) is 2. The number of pyridine rings is 1. The molecule has 4 aromatic heterocycles. The minimum absolute atomic E-state index is 0.132. The molecular weight excluding hydrogens is 691 g/mol. The van der Waals surface area contributed by atoms with Crippen molar-refractivity contribution < 1.29 is 14.4 Å². The smallest absolute Gasteiger partial charge is 0.255 e. The first kappa shape index (κ1) is 34.4. The molecule has 8 rings (SSSR count). The van der Waals surface area contributed by atoms with Crippen LogP contribution in [-0.2, 0) is 22.6 Å². The van der Waals surface area contributed by atoms with Gasteiger partial charge in [-0.1, -0.05) is 23.5 Å². The third-order valence-electron chi connectivity index (χ3n) is 10.1. The van der Waals surface area contributed by atoms with Crippen molar-refractivity contribution in [1.82, 2.24) is 39.9 Å². The average molecular weight is 730 g/mol. The Bertz CT molecular complexity index is 2270. The second-order valence-electron chi connectivity index (χ2n) is 14.0. The number of anilines is 2. The van der Waals surface area contributed by atoms with E-state index in [1.165, 1.54) is 0 Å². The number of nitrogens with zero attached hydrogens (tertiary/aromatic N) is 9. The lowest BCUT2D eigenvalue weighted by molar-refractivity contribution is -0.136. The van der Waals surface area contributed by atoms with Crippen LogP contribution in [0.15, 0.2) is 54.9 Å². The second-order valence-corrected chi connectivity index (χ2v) is 14.9. The van der Waals surface area contributed by atoms with Gasteiger partial charge in [-0.25, -0.2) is 4.52 Å². The molecule has 3 amide bonds. The van der Waals surface area contributed by atoms with Gasteiger partial charge in [0, 0.05) is 62.6 Å². The number of aryl methyl sites for hydroxylation is 1. The number of aromatic nitrogens is 5. The summed E-state index contributed by atoms with van der Waals surface area (Å²) >= 11 is 1.57. The lowest BCUT2D eigenvalue weighted by Crippen LogP contribution is -2.52. The first-order chi connectivity index (χ1) is 25.7. The molecule has 0 radical (unpaired) electrons. The maximum Gasteiger partial charge on any atom is 0.255 e. The summed E-state index contributed by atoms with van der Waals surface area (Å²) < 4.78 is 1.79. The summed E-state index contributed by atoms with van der Waals surface area (Å²) in [4.78, 5) is 48.5. The molecule has 53 heavy (non-hydrogen) atoms. The first-order valence-corrected chi connectivity index (χ1v) is 18.8. The van der Waals surface area contributed by atoms with E-state index in [1.54, 1.807) is 26.9 Å². The van der Waals surface area contributed by atoms with E-state index in [0.29, 0.717) is 24.1 Å². The van der Waals surface area contributed by atoms with Gasteiger partial charge in [-0.15, -0.1) is 10.2 Å². The number of hydrogen-bond donors (Lipinski definition) is 2. The van der Waals surface area contributed by atoms with Crippen LogP contribution in [0.25, 0.3) is 27.5 Å². The quantitative estimate of drug-likeness (QED) is 0.199. The fraction of sp³-hybridized carbons (Fsp3) is 0.368. The van der Waals surface area contributed by atoms with Gasteiger partial charge < -0.3 is 15.1 Å². The molecule has 1 atom stereocenters. The zero-order chi connectivity index (χ0) is 36.6. The topological polar surface area (TPSA) is 165 Å². The lowest BCUT2D eigenvalue weighted by atomic mass is 9.99. The van der Waals surface area contributed by atoms with E-state index in [1.807, 2.05) is 42.6 Å². The molecule has 2 saturated heterocycles. The maximum absolute atomic E-state index is 13.2. The van der Waals surface area contributed by atoms with Gasteiger partial charge in [-0.2, -0.15) is 10.4 Å². The van der Waals surface area contributed by atoms with E-state index in [0.717, 1.165) is 95.0 Å². The third kappa shape index (κ3) is 6.83. The molecule has 1 unspecified atom stereocenters. The van der Waals surface area contributed by atoms with Gasteiger partial charge in [-0.3, -0.25) is 29.6 Å². The minimum atomic E-state index is -0.605. The van der Waals surface area contributed by atoms with Crippen molar-refractivity contribution >= 4 is 45.4 Å². The van der Waals surface area contributed by atoms with E-state index in [9.17, 15) is 19.6 Å². The Labute approximate surface area is 310 Å². The molecule has 3 aliphatic rings. The Hall–Kier alpha value is -5.72. The number of benzene rings is 1. The highest BCUT2D eigenvalue weighted by Gasteiger charge is 2.39. The SMILES string of the molecule is CC(C)Nc1cc(-c2ccc3cc(C#N)cnn23)ncc1-c1nnc(N2CCN(CCCc3cccc4c3CN(C3CCC(=O)NC3=O)C4=O)CC2)s1. The Morgan fingerprint density at radius 1 is 1.04 bits per heavy atom. The molecular formula is C38H39N11O3S. The van der Waals surface area contributed by atoms with Crippen LogP contribution < -0.4 is 15.5 Å². The van der Waals surface area contributed by atoms with Crippen LogP contribution in [0.5, 0.6) is 0 Å². The van der Waals surface area contributed by atoms with Crippen molar-refractivity contribution in [2.45, 2.75) is 58.2 Å². The van der Waals surface area contributed by atoms with Crippen molar-refractivity contribution in [3.63, 3.8) is 0 Å². The fourth-order valence-electron chi connectivity index (χ4n) is 7.44. The van der Waals surface area contributed by atoms with Gasteiger partial charge >= 0.3 is 0 Å². The zero-order valence-corrected chi connectivity index (χ0v) is 30.4. The van der Waals surface area contributed by atoms with Crippen LogP contribution in [0.4, 0.5) is 10.8 Å².